The minimum atomic E-state index is 0. The second kappa shape index (κ2) is 11.6. The molecule has 1 saturated heterocycles. The fourth-order valence-electron chi connectivity index (χ4n) is 3.04. The smallest absolute Gasteiger partial charge is 0.227 e. The van der Waals surface area contributed by atoms with Crippen molar-refractivity contribution in [3.8, 4) is 0 Å². The van der Waals surface area contributed by atoms with Crippen molar-refractivity contribution in [2.45, 2.75) is 32.7 Å². The first-order valence-electron chi connectivity index (χ1n) is 9.70. The lowest BCUT2D eigenvalue weighted by atomic mass is 10.2. The van der Waals surface area contributed by atoms with Crippen LogP contribution in [0.4, 0.5) is 5.69 Å². The molecule has 1 amide bonds. The van der Waals surface area contributed by atoms with Gasteiger partial charge in [-0.25, -0.2) is 4.99 Å². The van der Waals surface area contributed by atoms with Crippen molar-refractivity contribution in [1.82, 2.24) is 10.6 Å². The second-order valence-corrected chi connectivity index (χ2v) is 7.05. The molecule has 0 spiro atoms. The third kappa shape index (κ3) is 7.23. The standard InChI is InChI=1S/C22H28N4O2.HI/c1-17(2)15-24-22(23-12-11-20-5-4-14-28-20)25-16-18-7-9-19(10-8-18)26-13-3-6-21(26)27;/h4-5,7-10,14H,1,3,6,11-13,15-16H2,2H3,(H2,23,24,25);1H. The minimum absolute atomic E-state index is 0. The van der Waals surface area contributed by atoms with E-state index >= 15 is 0 Å². The van der Waals surface area contributed by atoms with Gasteiger partial charge in [-0.3, -0.25) is 4.79 Å². The molecule has 1 aliphatic rings. The Morgan fingerprint density at radius 3 is 2.66 bits per heavy atom. The highest BCUT2D eigenvalue weighted by molar-refractivity contribution is 14.0. The Balaban J connectivity index is 0.00000300. The zero-order valence-electron chi connectivity index (χ0n) is 16.8. The number of carbonyl (C=O) groups is 1. The van der Waals surface area contributed by atoms with Crippen molar-refractivity contribution in [1.29, 1.82) is 0 Å². The van der Waals surface area contributed by atoms with Crippen LogP contribution in [0.2, 0.25) is 0 Å². The molecule has 2 heterocycles. The van der Waals surface area contributed by atoms with E-state index in [4.69, 9.17) is 4.42 Å². The molecule has 2 N–H and O–H groups in total. The maximum Gasteiger partial charge on any atom is 0.227 e. The fourth-order valence-corrected chi connectivity index (χ4v) is 3.04. The summed E-state index contributed by atoms with van der Waals surface area (Å²) in [6.07, 6.45) is 4.06. The molecule has 0 unspecified atom stereocenters. The van der Waals surface area contributed by atoms with Gasteiger partial charge in [-0.2, -0.15) is 0 Å². The number of nitrogens with zero attached hydrogens (tertiary/aromatic N) is 2. The van der Waals surface area contributed by atoms with Crippen molar-refractivity contribution < 1.29 is 9.21 Å². The van der Waals surface area contributed by atoms with E-state index in [0.717, 1.165) is 54.5 Å². The monoisotopic (exact) mass is 508 g/mol. The van der Waals surface area contributed by atoms with Crippen LogP contribution in [0.5, 0.6) is 0 Å². The first kappa shape index (κ1) is 23.0. The topological polar surface area (TPSA) is 69.9 Å². The predicted octanol–water partition coefficient (Wildman–Crippen LogP) is 3.88. The Morgan fingerprint density at radius 2 is 2.03 bits per heavy atom. The van der Waals surface area contributed by atoms with E-state index < -0.39 is 0 Å². The first-order chi connectivity index (χ1) is 13.6. The van der Waals surface area contributed by atoms with Crippen LogP contribution in [0.3, 0.4) is 0 Å². The van der Waals surface area contributed by atoms with Gasteiger partial charge in [-0.1, -0.05) is 24.3 Å². The quantitative estimate of drug-likeness (QED) is 0.246. The SMILES string of the molecule is C=C(C)CNC(=NCc1ccc(N2CCCC2=O)cc1)NCCc1ccco1.I. The van der Waals surface area contributed by atoms with Crippen molar-refractivity contribution in [2.75, 3.05) is 24.5 Å². The number of hydrogen-bond donors (Lipinski definition) is 2. The van der Waals surface area contributed by atoms with Gasteiger partial charge in [0.05, 0.1) is 12.8 Å². The van der Waals surface area contributed by atoms with Crippen LogP contribution in [0, 0.1) is 0 Å². The van der Waals surface area contributed by atoms with Gasteiger partial charge in [0.1, 0.15) is 5.76 Å². The summed E-state index contributed by atoms with van der Waals surface area (Å²) in [6, 6.07) is 11.9. The van der Waals surface area contributed by atoms with Crippen LogP contribution in [-0.4, -0.2) is 31.5 Å². The van der Waals surface area contributed by atoms with Crippen LogP contribution in [0.25, 0.3) is 0 Å². The molecule has 156 valence electrons. The lowest BCUT2D eigenvalue weighted by Crippen LogP contribution is -2.39. The average Bonchev–Trinajstić information content (AvgIpc) is 3.35. The number of guanidine groups is 1. The summed E-state index contributed by atoms with van der Waals surface area (Å²) in [5.41, 5.74) is 3.10. The van der Waals surface area contributed by atoms with E-state index in [1.54, 1.807) is 6.26 Å². The maximum atomic E-state index is 11.9. The number of amides is 1. The molecule has 7 heteroatoms. The summed E-state index contributed by atoms with van der Waals surface area (Å²) >= 11 is 0. The van der Waals surface area contributed by atoms with Crippen LogP contribution in [0.1, 0.15) is 31.1 Å². The van der Waals surface area contributed by atoms with E-state index in [9.17, 15) is 4.79 Å². The van der Waals surface area contributed by atoms with Crippen LogP contribution in [0.15, 0.2) is 64.2 Å². The molecule has 2 aromatic rings. The molecule has 6 nitrogen and oxygen atoms in total. The second-order valence-electron chi connectivity index (χ2n) is 7.05. The fraction of sp³-hybridized carbons (Fsp3) is 0.364. The number of anilines is 1. The van der Waals surface area contributed by atoms with Gasteiger partial charge in [0, 0.05) is 38.2 Å². The highest BCUT2D eigenvalue weighted by atomic mass is 127. The Labute approximate surface area is 189 Å². The maximum absolute atomic E-state index is 11.9. The number of nitrogens with one attached hydrogen (secondary N) is 2. The van der Waals surface area contributed by atoms with Gasteiger partial charge in [0.2, 0.25) is 5.91 Å². The predicted molar refractivity (Wildman–Crippen MR) is 128 cm³/mol. The molecule has 0 bridgehead atoms. The normalized spacial score (nSPS) is 13.9. The molecule has 1 aromatic heterocycles. The van der Waals surface area contributed by atoms with Gasteiger partial charge in [-0.05, 0) is 43.2 Å². The number of halogens is 1. The lowest BCUT2D eigenvalue weighted by Gasteiger charge is -2.16. The summed E-state index contributed by atoms with van der Waals surface area (Å²) in [7, 11) is 0. The Morgan fingerprint density at radius 1 is 1.24 bits per heavy atom. The summed E-state index contributed by atoms with van der Waals surface area (Å²) in [5.74, 6) is 1.89. The van der Waals surface area contributed by atoms with Gasteiger partial charge < -0.3 is 20.0 Å². The van der Waals surface area contributed by atoms with Crippen LogP contribution < -0.4 is 15.5 Å². The van der Waals surface area contributed by atoms with Gasteiger partial charge >= 0.3 is 0 Å². The summed E-state index contributed by atoms with van der Waals surface area (Å²) < 4.78 is 5.36. The minimum Gasteiger partial charge on any atom is -0.469 e. The van der Waals surface area contributed by atoms with Crippen molar-refractivity contribution in [2.24, 2.45) is 4.99 Å². The third-order valence-electron chi connectivity index (χ3n) is 4.54. The summed E-state index contributed by atoms with van der Waals surface area (Å²) in [4.78, 5) is 18.4. The molecule has 1 fully saturated rings. The first-order valence-corrected chi connectivity index (χ1v) is 9.70. The zero-order chi connectivity index (χ0) is 19.8. The molecule has 1 aliphatic heterocycles. The van der Waals surface area contributed by atoms with E-state index in [1.165, 1.54) is 0 Å². The third-order valence-corrected chi connectivity index (χ3v) is 4.54. The van der Waals surface area contributed by atoms with E-state index in [1.807, 2.05) is 48.2 Å². The number of rotatable bonds is 8. The summed E-state index contributed by atoms with van der Waals surface area (Å²) in [5, 5.41) is 6.62. The highest BCUT2D eigenvalue weighted by Crippen LogP contribution is 2.21. The van der Waals surface area contributed by atoms with Crippen LogP contribution in [-0.2, 0) is 17.8 Å². The van der Waals surface area contributed by atoms with Crippen molar-refractivity contribution >= 4 is 41.5 Å². The largest absolute Gasteiger partial charge is 0.469 e. The molecule has 29 heavy (non-hydrogen) atoms. The van der Waals surface area contributed by atoms with Crippen molar-refractivity contribution in [3.05, 3.63) is 66.1 Å². The lowest BCUT2D eigenvalue weighted by molar-refractivity contribution is -0.117. The number of furan rings is 1. The molecule has 1 aromatic carbocycles. The van der Waals surface area contributed by atoms with Crippen LogP contribution >= 0.6 is 24.0 Å². The Hall–Kier alpha value is -2.29. The number of hydrogen-bond acceptors (Lipinski definition) is 3. The molecule has 3 rings (SSSR count). The van der Waals surface area contributed by atoms with Gasteiger partial charge in [0.15, 0.2) is 5.96 Å². The van der Waals surface area contributed by atoms with E-state index in [-0.39, 0.29) is 29.9 Å². The van der Waals surface area contributed by atoms with E-state index in [2.05, 4.69) is 22.2 Å². The van der Waals surface area contributed by atoms with Gasteiger partial charge in [-0.15, -0.1) is 24.0 Å². The number of benzene rings is 1. The van der Waals surface area contributed by atoms with Crippen molar-refractivity contribution in [3.63, 3.8) is 0 Å². The molecule has 0 saturated carbocycles. The Kier molecular flexibility index (Phi) is 9.24. The molecule has 0 atom stereocenters. The Bertz CT molecular complexity index is 816. The molecular formula is C22H29IN4O2. The number of aliphatic imine (C=N–C) groups is 1. The molecular weight excluding hydrogens is 479 g/mol. The molecule has 0 radical (unpaired) electrons. The average molecular weight is 508 g/mol. The van der Waals surface area contributed by atoms with Gasteiger partial charge in [0.25, 0.3) is 0 Å². The molecule has 0 aliphatic carbocycles. The van der Waals surface area contributed by atoms with E-state index in [0.29, 0.717) is 19.5 Å². The summed E-state index contributed by atoms with van der Waals surface area (Å²) in [6.45, 7) is 8.67. The highest BCUT2D eigenvalue weighted by Gasteiger charge is 2.21. The zero-order valence-corrected chi connectivity index (χ0v) is 19.1. The number of carbonyl (C=O) groups excluding carboxylic acids is 1.